The standard InChI is InChI=1S/C18H24.H4N2O2S/c1-3-5-9-15-13-14-16-10-7-8-12-18(16)17(15)11-6-4-2;1-5(2,3)4/h7-8,10,12-14H,3-6,9,11H2,1-2H3;(H4,1,2,3,4). The zero-order chi connectivity index (χ0) is 17.3. The quantitative estimate of drug-likeness (QED) is 0.843. The van der Waals surface area contributed by atoms with Gasteiger partial charge in [0, 0.05) is 0 Å². The molecule has 0 aromatic heterocycles. The van der Waals surface area contributed by atoms with Crippen molar-refractivity contribution < 1.29 is 8.42 Å². The number of rotatable bonds is 6. The molecule has 0 atom stereocenters. The maximum Gasteiger partial charge on any atom is 0.271 e. The van der Waals surface area contributed by atoms with Gasteiger partial charge in [-0.3, -0.25) is 0 Å². The average Bonchev–Trinajstić information content (AvgIpc) is 2.49. The third kappa shape index (κ3) is 7.59. The van der Waals surface area contributed by atoms with Crippen molar-refractivity contribution in [3.8, 4) is 0 Å². The Morgan fingerprint density at radius 3 is 2.04 bits per heavy atom. The molecule has 0 unspecified atom stereocenters. The number of hydrogen-bond acceptors (Lipinski definition) is 2. The lowest BCUT2D eigenvalue weighted by molar-refractivity contribution is 0.599. The molecule has 0 saturated carbocycles. The Labute approximate surface area is 140 Å². The summed E-state index contributed by atoms with van der Waals surface area (Å²) >= 11 is 0. The Bertz CT molecular complexity index is 704. The van der Waals surface area contributed by atoms with E-state index in [4.69, 9.17) is 0 Å². The van der Waals surface area contributed by atoms with Crippen molar-refractivity contribution in [1.29, 1.82) is 0 Å². The van der Waals surface area contributed by atoms with Crippen LogP contribution in [-0.4, -0.2) is 8.42 Å². The van der Waals surface area contributed by atoms with Crippen LogP contribution >= 0.6 is 0 Å². The normalized spacial score (nSPS) is 11.1. The average molecular weight is 337 g/mol. The van der Waals surface area contributed by atoms with Gasteiger partial charge in [-0.15, -0.1) is 0 Å². The van der Waals surface area contributed by atoms with E-state index in [0.29, 0.717) is 0 Å². The first-order valence-corrected chi connectivity index (χ1v) is 9.77. The molecule has 0 amide bonds. The van der Waals surface area contributed by atoms with Crippen molar-refractivity contribution in [1.82, 2.24) is 0 Å². The molecule has 128 valence electrons. The van der Waals surface area contributed by atoms with Crippen LogP contribution in [0, 0.1) is 0 Å². The molecule has 0 aliphatic rings. The minimum absolute atomic E-state index is 1.23. The van der Waals surface area contributed by atoms with Crippen LogP contribution in [0.1, 0.15) is 50.7 Å². The number of hydrogen-bond donors (Lipinski definition) is 2. The molecule has 0 bridgehead atoms. The van der Waals surface area contributed by atoms with E-state index >= 15 is 0 Å². The lowest BCUT2D eigenvalue weighted by Gasteiger charge is -2.13. The predicted octanol–water partition coefficient (Wildman–Crippen LogP) is 3.67. The van der Waals surface area contributed by atoms with Crippen LogP contribution in [-0.2, 0) is 23.1 Å². The van der Waals surface area contributed by atoms with Crippen LogP contribution in [0.25, 0.3) is 10.8 Å². The lowest BCUT2D eigenvalue weighted by atomic mass is 9.92. The highest BCUT2D eigenvalue weighted by molar-refractivity contribution is 7.86. The van der Waals surface area contributed by atoms with Crippen LogP contribution in [0.2, 0.25) is 0 Å². The largest absolute Gasteiger partial charge is 0.271 e. The van der Waals surface area contributed by atoms with Gasteiger partial charge in [0.1, 0.15) is 0 Å². The van der Waals surface area contributed by atoms with Crippen LogP contribution in [0.4, 0.5) is 0 Å². The van der Waals surface area contributed by atoms with Crippen molar-refractivity contribution in [2.45, 2.75) is 52.4 Å². The maximum absolute atomic E-state index is 9.19. The summed E-state index contributed by atoms with van der Waals surface area (Å²) in [4.78, 5) is 0. The van der Waals surface area contributed by atoms with Crippen LogP contribution in [0.5, 0.6) is 0 Å². The van der Waals surface area contributed by atoms with E-state index in [9.17, 15) is 8.42 Å². The molecule has 23 heavy (non-hydrogen) atoms. The van der Waals surface area contributed by atoms with Gasteiger partial charge in [-0.05, 0) is 47.6 Å². The van der Waals surface area contributed by atoms with E-state index in [1.807, 2.05) is 0 Å². The molecule has 0 aliphatic carbocycles. The van der Waals surface area contributed by atoms with E-state index in [-0.39, 0.29) is 0 Å². The fraction of sp³-hybridized carbons (Fsp3) is 0.444. The van der Waals surface area contributed by atoms with Crippen molar-refractivity contribution in [3.05, 3.63) is 47.5 Å². The number of aryl methyl sites for hydroxylation is 2. The van der Waals surface area contributed by atoms with Crippen LogP contribution < -0.4 is 10.3 Å². The smallest absolute Gasteiger partial charge is 0.216 e. The zero-order valence-corrected chi connectivity index (χ0v) is 14.9. The molecule has 0 radical (unpaired) electrons. The Kier molecular flexibility index (Phi) is 8.23. The lowest BCUT2D eigenvalue weighted by Crippen LogP contribution is -2.21. The third-order valence-electron chi connectivity index (χ3n) is 3.72. The third-order valence-corrected chi connectivity index (χ3v) is 3.72. The number of unbranched alkanes of at least 4 members (excludes halogenated alkanes) is 2. The summed E-state index contributed by atoms with van der Waals surface area (Å²) in [7, 11) is -3.67. The van der Waals surface area contributed by atoms with Gasteiger partial charge in [0.25, 0.3) is 10.2 Å². The molecule has 0 aliphatic heterocycles. The van der Waals surface area contributed by atoms with E-state index < -0.39 is 10.2 Å². The molecule has 2 aromatic carbocycles. The first kappa shape index (κ1) is 19.6. The molecule has 0 fully saturated rings. The first-order valence-electron chi connectivity index (χ1n) is 8.16. The second kappa shape index (κ2) is 9.65. The molecule has 0 spiro atoms. The number of nitrogens with two attached hydrogens (primary N) is 2. The topological polar surface area (TPSA) is 86.2 Å². The van der Waals surface area contributed by atoms with E-state index in [1.54, 1.807) is 11.1 Å². The van der Waals surface area contributed by atoms with E-state index in [2.05, 4.69) is 60.5 Å². The van der Waals surface area contributed by atoms with Crippen molar-refractivity contribution in [3.63, 3.8) is 0 Å². The molecule has 0 heterocycles. The number of fused-ring (bicyclic) bond motifs is 1. The molecule has 5 heteroatoms. The van der Waals surface area contributed by atoms with Crippen LogP contribution in [0.15, 0.2) is 36.4 Å². The SMILES string of the molecule is CCCCc1ccc2ccccc2c1CCCC.NS(N)(=O)=O. The maximum atomic E-state index is 9.19. The summed E-state index contributed by atoms with van der Waals surface area (Å²) in [6.45, 7) is 4.55. The van der Waals surface area contributed by atoms with Gasteiger partial charge in [-0.2, -0.15) is 8.42 Å². The van der Waals surface area contributed by atoms with Crippen LogP contribution in [0.3, 0.4) is 0 Å². The fourth-order valence-electron chi connectivity index (χ4n) is 2.63. The highest BCUT2D eigenvalue weighted by Gasteiger charge is 2.06. The van der Waals surface area contributed by atoms with E-state index in [1.165, 1.54) is 49.3 Å². The van der Waals surface area contributed by atoms with Gasteiger partial charge in [-0.25, -0.2) is 10.3 Å². The summed E-state index contributed by atoms with van der Waals surface area (Å²) < 4.78 is 18.4. The Morgan fingerprint density at radius 1 is 0.870 bits per heavy atom. The second-order valence-electron chi connectivity index (χ2n) is 5.72. The summed E-state index contributed by atoms with van der Waals surface area (Å²) in [5.41, 5.74) is 3.17. The summed E-state index contributed by atoms with van der Waals surface area (Å²) in [6.07, 6.45) is 7.62. The Balaban J connectivity index is 0.000000463. The molecular formula is C18H28N2O2S. The molecular weight excluding hydrogens is 308 g/mol. The van der Waals surface area contributed by atoms with Gasteiger partial charge in [0.05, 0.1) is 0 Å². The summed E-state index contributed by atoms with van der Waals surface area (Å²) in [5.74, 6) is 0. The molecule has 2 rings (SSSR count). The Morgan fingerprint density at radius 2 is 1.43 bits per heavy atom. The van der Waals surface area contributed by atoms with Gasteiger partial charge in [0.15, 0.2) is 0 Å². The van der Waals surface area contributed by atoms with Gasteiger partial charge >= 0.3 is 0 Å². The zero-order valence-electron chi connectivity index (χ0n) is 14.1. The van der Waals surface area contributed by atoms with Crippen molar-refractivity contribution in [2.24, 2.45) is 10.3 Å². The van der Waals surface area contributed by atoms with Gasteiger partial charge < -0.3 is 0 Å². The van der Waals surface area contributed by atoms with Gasteiger partial charge in [0.2, 0.25) is 0 Å². The Hall–Kier alpha value is -1.43. The van der Waals surface area contributed by atoms with Gasteiger partial charge in [-0.1, -0.05) is 63.1 Å². The van der Waals surface area contributed by atoms with Crippen molar-refractivity contribution >= 4 is 21.0 Å². The first-order chi connectivity index (χ1) is 10.9. The minimum Gasteiger partial charge on any atom is -0.216 e. The summed E-state index contributed by atoms with van der Waals surface area (Å²) in [6, 6.07) is 13.5. The molecule has 0 saturated heterocycles. The molecule has 2 aromatic rings. The monoisotopic (exact) mass is 336 g/mol. The molecule has 4 N–H and O–H groups in total. The minimum atomic E-state index is -3.67. The van der Waals surface area contributed by atoms with Crippen molar-refractivity contribution in [2.75, 3.05) is 0 Å². The highest BCUT2D eigenvalue weighted by atomic mass is 32.2. The second-order valence-corrected chi connectivity index (χ2v) is 6.90. The summed E-state index contributed by atoms with van der Waals surface area (Å²) in [5, 5.41) is 11.1. The highest BCUT2D eigenvalue weighted by Crippen LogP contribution is 2.25. The predicted molar refractivity (Wildman–Crippen MR) is 98.5 cm³/mol. The van der Waals surface area contributed by atoms with E-state index in [0.717, 1.165) is 0 Å². The fourth-order valence-corrected chi connectivity index (χ4v) is 2.63. The number of benzene rings is 2. The molecule has 4 nitrogen and oxygen atoms in total.